The topological polar surface area (TPSA) is 58.6 Å². The number of likely N-dealkylation sites (tertiary alicyclic amines) is 1. The van der Waals surface area contributed by atoms with E-state index in [9.17, 15) is 4.79 Å². The van der Waals surface area contributed by atoms with Gasteiger partial charge in [-0.25, -0.2) is 9.97 Å². The maximum absolute atomic E-state index is 12.5. The normalized spacial score (nSPS) is 24.4. The van der Waals surface area contributed by atoms with Gasteiger partial charge in [0.15, 0.2) is 0 Å². The Morgan fingerprint density at radius 1 is 1.27 bits per heavy atom. The molecular formula is C15H16N4O2S. The zero-order valence-electron chi connectivity index (χ0n) is 12.0. The zero-order valence-corrected chi connectivity index (χ0v) is 12.8. The fourth-order valence-electron chi connectivity index (χ4n) is 3.10. The molecule has 0 aliphatic carbocycles. The molecule has 2 fully saturated rings. The summed E-state index contributed by atoms with van der Waals surface area (Å²) in [6, 6.07) is 5.71. The van der Waals surface area contributed by atoms with Gasteiger partial charge in [0.05, 0.1) is 23.6 Å². The molecule has 0 spiro atoms. The predicted octanol–water partition coefficient (Wildman–Crippen LogP) is 1.27. The highest BCUT2D eigenvalue weighted by Gasteiger charge is 2.43. The maximum Gasteiger partial charge on any atom is 0.264 e. The van der Waals surface area contributed by atoms with Gasteiger partial charge in [-0.15, -0.1) is 11.3 Å². The van der Waals surface area contributed by atoms with Crippen LogP contribution >= 0.6 is 11.3 Å². The second-order valence-electron chi connectivity index (χ2n) is 5.41. The summed E-state index contributed by atoms with van der Waals surface area (Å²) in [6.45, 7) is 2.68. The number of nitrogens with zero attached hydrogens (tertiary/aromatic N) is 4. The van der Waals surface area contributed by atoms with Gasteiger partial charge < -0.3 is 14.5 Å². The summed E-state index contributed by atoms with van der Waals surface area (Å²) >= 11 is 1.48. The maximum atomic E-state index is 12.5. The molecule has 0 aromatic carbocycles. The first kappa shape index (κ1) is 13.7. The largest absolute Gasteiger partial charge is 0.372 e. The Balaban J connectivity index is 1.55. The van der Waals surface area contributed by atoms with Crippen molar-refractivity contribution >= 4 is 23.2 Å². The van der Waals surface area contributed by atoms with E-state index < -0.39 is 0 Å². The minimum atomic E-state index is 0.0291. The molecule has 0 unspecified atom stereocenters. The SMILES string of the molecule is O=C(c1cccs1)N1C[C@@H]2OCCN(c3ncccn3)[C@H]2C1. The van der Waals surface area contributed by atoms with Gasteiger partial charge in [-0.05, 0) is 17.5 Å². The van der Waals surface area contributed by atoms with Gasteiger partial charge in [-0.3, -0.25) is 4.79 Å². The van der Waals surface area contributed by atoms with Crippen molar-refractivity contribution in [3.63, 3.8) is 0 Å². The lowest BCUT2D eigenvalue weighted by Gasteiger charge is -2.36. The molecule has 0 N–H and O–H groups in total. The lowest BCUT2D eigenvalue weighted by molar-refractivity contribution is 0.0297. The Kier molecular flexibility index (Phi) is 3.51. The van der Waals surface area contributed by atoms with Crippen LogP contribution in [0.25, 0.3) is 0 Å². The van der Waals surface area contributed by atoms with Crippen LogP contribution in [0.3, 0.4) is 0 Å². The van der Waals surface area contributed by atoms with Crippen LogP contribution in [0.15, 0.2) is 36.0 Å². The van der Waals surface area contributed by atoms with Crippen molar-refractivity contribution in [2.75, 3.05) is 31.1 Å². The standard InChI is InChI=1S/C15H16N4O2S/c20-14(13-3-1-8-22-13)18-9-11-12(10-18)21-7-6-19(11)15-16-4-2-5-17-15/h1-5,8,11-12H,6-7,9-10H2/t11-,12-/m0/s1. The van der Waals surface area contributed by atoms with Gasteiger partial charge in [0.1, 0.15) is 0 Å². The molecule has 0 radical (unpaired) electrons. The molecule has 4 rings (SSSR count). The van der Waals surface area contributed by atoms with Crippen LogP contribution < -0.4 is 4.90 Å². The number of aromatic nitrogens is 2. The molecule has 2 aromatic rings. The van der Waals surface area contributed by atoms with E-state index in [1.54, 1.807) is 12.4 Å². The molecule has 4 heterocycles. The first-order valence-electron chi connectivity index (χ1n) is 7.31. The van der Waals surface area contributed by atoms with E-state index in [-0.39, 0.29) is 18.1 Å². The van der Waals surface area contributed by atoms with Crippen LogP contribution in [-0.4, -0.2) is 59.2 Å². The Hall–Kier alpha value is -1.99. The second-order valence-corrected chi connectivity index (χ2v) is 6.35. The number of carbonyl (C=O) groups is 1. The van der Waals surface area contributed by atoms with Crippen molar-refractivity contribution in [1.82, 2.24) is 14.9 Å². The van der Waals surface area contributed by atoms with Crippen molar-refractivity contribution in [3.8, 4) is 0 Å². The highest BCUT2D eigenvalue weighted by molar-refractivity contribution is 7.12. The van der Waals surface area contributed by atoms with Crippen molar-refractivity contribution in [2.45, 2.75) is 12.1 Å². The van der Waals surface area contributed by atoms with E-state index >= 15 is 0 Å². The van der Waals surface area contributed by atoms with Crippen LogP contribution in [0.1, 0.15) is 9.67 Å². The molecule has 6 nitrogen and oxygen atoms in total. The van der Waals surface area contributed by atoms with Gasteiger partial charge in [-0.1, -0.05) is 6.07 Å². The summed E-state index contributed by atoms with van der Waals surface area (Å²) < 4.78 is 5.86. The van der Waals surface area contributed by atoms with Crippen molar-refractivity contribution in [2.24, 2.45) is 0 Å². The average molecular weight is 316 g/mol. The summed E-state index contributed by atoms with van der Waals surface area (Å²) in [6.07, 6.45) is 3.52. The minimum absolute atomic E-state index is 0.0291. The fraction of sp³-hybridized carbons (Fsp3) is 0.400. The van der Waals surface area contributed by atoms with Crippen LogP contribution in [0.5, 0.6) is 0 Å². The van der Waals surface area contributed by atoms with Crippen molar-refractivity contribution in [3.05, 3.63) is 40.8 Å². The van der Waals surface area contributed by atoms with Gasteiger partial charge in [0, 0.05) is 32.0 Å². The Morgan fingerprint density at radius 2 is 2.14 bits per heavy atom. The smallest absolute Gasteiger partial charge is 0.264 e. The zero-order chi connectivity index (χ0) is 14.9. The second kappa shape index (κ2) is 5.66. The highest BCUT2D eigenvalue weighted by atomic mass is 32.1. The fourth-order valence-corrected chi connectivity index (χ4v) is 3.79. The van der Waals surface area contributed by atoms with Gasteiger partial charge in [0.25, 0.3) is 5.91 Å². The summed E-state index contributed by atoms with van der Waals surface area (Å²) in [4.78, 5) is 26.0. The number of carbonyl (C=O) groups excluding carboxylic acids is 1. The highest BCUT2D eigenvalue weighted by Crippen LogP contribution is 2.27. The quantitative estimate of drug-likeness (QED) is 0.835. The number of anilines is 1. The van der Waals surface area contributed by atoms with Crippen LogP contribution in [0.4, 0.5) is 5.95 Å². The minimum Gasteiger partial charge on any atom is -0.372 e. The molecule has 114 valence electrons. The lowest BCUT2D eigenvalue weighted by Crippen LogP contribution is -2.51. The molecule has 0 saturated carbocycles. The molecule has 2 aliphatic rings. The number of hydrogen-bond donors (Lipinski definition) is 0. The first-order chi connectivity index (χ1) is 10.8. The van der Waals surface area contributed by atoms with E-state index in [0.29, 0.717) is 25.6 Å². The van der Waals surface area contributed by atoms with Crippen LogP contribution in [-0.2, 0) is 4.74 Å². The summed E-state index contributed by atoms with van der Waals surface area (Å²) in [7, 11) is 0. The Bertz CT molecular complexity index is 649. The predicted molar refractivity (Wildman–Crippen MR) is 83.1 cm³/mol. The van der Waals surface area contributed by atoms with Gasteiger partial charge >= 0.3 is 0 Å². The number of rotatable bonds is 2. The van der Waals surface area contributed by atoms with Crippen molar-refractivity contribution < 1.29 is 9.53 Å². The molecule has 2 saturated heterocycles. The molecule has 2 aliphatic heterocycles. The van der Waals surface area contributed by atoms with Gasteiger partial charge in [0.2, 0.25) is 5.95 Å². The monoisotopic (exact) mass is 316 g/mol. The molecule has 7 heteroatoms. The van der Waals surface area contributed by atoms with Crippen molar-refractivity contribution in [1.29, 1.82) is 0 Å². The molecule has 22 heavy (non-hydrogen) atoms. The third-order valence-corrected chi connectivity index (χ3v) is 4.99. The molecular weight excluding hydrogens is 300 g/mol. The summed E-state index contributed by atoms with van der Waals surface area (Å²) in [5, 5.41) is 1.93. The van der Waals surface area contributed by atoms with E-state index in [0.717, 1.165) is 11.4 Å². The van der Waals surface area contributed by atoms with E-state index in [1.807, 2.05) is 28.5 Å². The average Bonchev–Trinajstić information content (AvgIpc) is 3.24. The number of hydrogen-bond acceptors (Lipinski definition) is 6. The number of ether oxygens (including phenoxy) is 1. The summed E-state index contributed by atoms with van der Waals surface area (Å²) in [5.41, 5.74) is 0. The molecule has 2 aromatic heterocycles. The van der Waals surface area contributed by atoms with E-state index in [4.69, 9.17) is 4.74 Å². The van der Waals surface area contributed by atoms with Crippen LogP contribution in [0.2, 0.25) is 0 Å². The van der Waals surface area contributed by atoms with Crippen LogP contribution in [0, 0.1) is 0 Å². The molecule has 2 atom stereocenters. The third kappa shape index (κ3) is 2.36. The summed E-state index contributed by atoms with van der Waals surface area (Å²) in [5.74, 6) is 0.799. The molecule has 0 bridgehead atoms. The van der Waals surface area contributed by atoms with Gasteiger partial charge in [-0.2, -0.15) is 0 Å². The number of fused-ring (bicyclic) bond motifs is 1. The Morgan fingerprint density at radius 3 is 2.91 bits per heavy atom. The third-order valence-electron chi connectivity index (χ3n) is 4.13. The number of morpholine rings is 1. The van der Waals surface area contributed by atoms with E-state index in [2.05, 4.69) is 14.9 Å². The van der Waals surface area contributed by atoms with E-state index in [1.165, 1.54) is 11.3 Å². The Labute approximate surface area is 132 Å². The lowest BCUT2D eigenvalue weighted by atomic mass is 10.1. The molecule has 1 amide bonds. The first-order valence-corrected chi connectivity index (χ1v) is 8.19. The number of amides is 1. The number of thiophene rings is 1.